The van der Waals surface area contributed by atoms with Gasteiger partial charge in [0.1, 0.15) is 11.5 Å². The summed E-state index contributed by atoms with van der Waals surface area (Å²) in [5.74, 6) is 2.00. The third kappa shape index (κ3) is 0.644. The minimum absolute atomic E-state index is 0.269. The van der Waals surface area contributed by atoms with Gasteiger partial charge in [-0.25, -0.2) is 0 Å². The van der Waals surface area contributed by atoms with Gasteiger partial charge in [0, 0.05) is 5.56 Å². The van der Waals surface area contributed by atoms with Crippen LogP contribution in [0.25, 0.3) is 6.08 Å². The third-order valence-electron chi connectivity index (χ3n) is 2.33. The molecule has 0 spiro atoms. The molecule has 0 aromatic heterocycles. The van der Waals surface area contributed by atoms with Gasteiger partial charge in [-0.1, -0.05) is 6.07 Å². The summed E-state index contributed by atoms with van der Waals surface area (Å²) >= 11 is 0. The van der Waals surface area contributed by atoms with Gasteiger partial charge in [0.25, 0.3) is 0 Å². The number of rotatable bonds is 1. The third-order valence-corrected chi connectivity index (χ3v) is 2.33. The number of epoxide rings is 1. The number of hydrogen-bond acceptors (Lipinski definition) is 2. The molecule has 1 saturated heterocycles. The molecule has 0 bridgehead atoms. The quantitative estimate of drug-likeness (QED) is 0.587. The summed E-state index contributed by atoms with van der Waals surface area (Å²) in [5, 5.41) is 0. The first kappa shape index (κ1) is 6.12. The smallest absolute Gasteiger partial charge is 0.181 e. The molecule has 0 saturated carbocycles. The molecule has 2 heteroatoms. The maximum absolute atomic E-state index is 5.27. The van der Waals surface area contributed by atoms with Crippen molar-refractivity contribution in [2.45, 2.75) is 6.10 Å². The van der Waals surface area contributed by atoms with E-state index in [1.807, 2.05) is 12.1 Å². The Morgan fingerprint density at radius 1 is 1.42 bits per heavy atom. The molecule has 1 aromatic rings. The summed E-state index contributed by atoms with van der Waals surface area (Å²) in [6.45, 7) is 0. The molecule has 0 N–H and O–H groups in total. The van der Waals surface area contributed by atoms with Crippen molar-refractivity contribution in [3.05, 3.63) is 35.1 Å². The molecule has 1 aliphatic heterocycles. The summed E-state index contributed by atoms with van der Waals surface area (Å²) in [4.78, 5) is 0. The monoisotopic (exact) mass is 160 g/mol. The zero-order chi connectivity index (χ0) is 8.13. The van der Waals surface area contributed by atoms with Gasteiger partial charge >= 0.3 is 0 Å². The van der Waals surface area contributed by atoms with E-state index >= 15 is 0 Å². The van der Waals surface area contributed by atoms with Gasteiger partial charge in [0.15, 0.2) is 6.10 Å². The van der Waals surface area contributed by atoms with Crippen LogP contribution in [0.5, 0.6) is 5.75 Å². The molecular formula is C10H8O2. The lowest BCUT2D eigenvalue weighted by Crippen LogP contribution is -1.86. The molecule has 1 fully saturated rings. The Morgan fingerprint density at radius 3 is 3.17 bits per heavy atom. The first-order chi connectivity index (χ1) is 5.88. The minimum Gasteiger partial charge on any atom is -0.497 e. The van der Waals surface area contributed by atoms with Gasteiger partial charge in [-0.05, 0) is 23.8 Å². The highest BCUT2D eigenvalue weighted by Crippen LogP contribution is 2.51. The van der Waals surface area contributed by atoms with Gasteiger partial charge in [0.2, 0.25) is 0 Å². The fourth-order valence-electron chi connectivity index (χ4n) is 1.63. The second-order valence-electron chi connectivity index (χ2n) is 3.04. The molecule has 12 heavy (non-hydrogen) atoms. The molecule has 1 unspecified atom stereocenters. The lowest BCUT2D eigenvalue weighted by molar-refractivity contribution is 0.412. The molecule has 0 radical (unpaired) electrons. The van der Waals surface area contributed by atoms with Crippen molar-refractivity contribution < 1.29 is 9.47 Å². The van der Waals surface area contributed by atoms with Gasteiger partial charge in [-0.3, -0.25) is 0 Å². The van der Waals surface area contributed by atoms with Crippen molar-refractivity contribution in [3.63, 3.8) is 0 Å². The number of methoxy groups -OCH3 is 1. The Labute approximate surface area is 70.4 Å². The Kier molecular flexibility index (Phi) is 0.933. The molecule has 1 atom stereocenters. The fraction of sp³-hybridized carbons (Fsp3) is 0.200. The van der Waals surface area contributed by atoms with E-state index < -0.39 is 0 Å². The zero-order valence-electron chi connectivity index (χ0n) is 6.70. The van der Waals surface area contributed by atoms with Crippen LogP contribution in [0.4, 0.5) is 0 Å². The molecule has 2 aliphatic rings. The first-order valence-electron chi connectivity index (χ1n) is 3.94. The lowest BCUT2D eigenvalue weighted by Gasteiger charge is -2.02. The molecule has 1 heterocycles. The molecule has 60 valence electrons. The zero-order valence-corrected chi connectivity index (χ0v) is 6.70. The van der Waals surface area contributed by atoms with Crippen LogP contribution < -0.4 is 4.74 Å². The first-order valence-corrected chi connectivity index (χ1v) is 3.94. The van der Waals surface area contributed by atoms with Crippen molar-refractivity contribution in [2.24, 2.45) is 0 Å². The molecule has 0 amide bonds. The Hall–Kier alpha value is -1.44. The average Bonchev–Trinajstić information content (AvgIpc) is 2.78. The largest absolute Gasteiger partial charge is 0.497 e. The van der Waals surface area contributed by atoms with Crippen LogP contribution in [0.3, 0.4) is 0 Å². The predicted molar refractivity (Wildman–Crippen MR) is 44.8 cm³/mol. The van der Waals surface area contributed by atoms with Gasteiger partial charge in [-0.15, -0.1) is 0 Å². The number of benzene rings is 1. The van der Waals surface area contributed by atoms with Crippen molar-refractivity contribution >= 4 is 6.08 Å². The highest BCUT2D eigenvalue weighted by molar-refractivity contribution is 5.69. The number of ether oxygens (including phenoxy) is 2. The SMILES string of the molecule is COc1ccc2c(c1)C=C1OC12. The van der Waals surface area contributed by atoms with Gasteiger partial charge < -0.3 is 9.47 Å². The number of fused-ring (bicyclic) bond motifs is 3. The van der Waals surface area contributed by atoms with E-state index in [-0.39, 0.29) is 6.10 Å². The van der Waals surface area contributed by atoms with Crippen molar-refractivity contribution in [1.82, 2.24) is 0 Å². The van der Waals surface area contributed by atoms with E-state index in [9.17, 15) is 0 Å². The summed E-state index contributed by atoms with van der Waals surface area (Å²) in [7, 11) is 1.68. The van der Waals surface area contributed by atoms with E-state index in [2.05, 4.69) is 12.1 Å². The second-order valence-corrected chi connectivity index (χ2v) is 3.04. The van der Waals surface area contributed by atoms with Crippen LogP contribution in [0, 0.1) is 0 Å². The van der Waals surface area contributed by atoms with Crippen LogP contribution in [0.15, 0.2) is 24.0 Å². The Morgan fingerprint density at radius 2 is 2.33 bits per heavy atom. The Bertz CT molecular complexity index is 379. The fourth-order valence-corrected chi connectivity index (χ4v) is 1.63. The topological polar surface area (TPSA) is 21.8 Å². The van der Waals surface area contributed by atoms with Crippen molar-refractivity contribution in [1.29, 1.82) is 0 Å². The van der Waals surface area contributed by atoms with Crippen LogP contribution in [-0.4, -0.2) is 7.11 Å². The summed E-state index contributed by atoms with van der Waals surface area (Å²) in [6.07, 6.45) is 2.34. The minimum atomic E-state index is 0.269. The van der Waals surface area contributed by atoms with E-state index in [4.69, 9.17) is 9.47 Å². The predicted octanol–water partition coefficient (Wildman–Crippen LogP) is 2.12. The van der Waals surface area contributed by atoms with Crippen LogP contribution >= 0.6 is 0 Å². The maximum Gasteiger partial charge on any atom is 0.181 e. The van der Waals surface area contributed by atoms with Crippen molar-refractivity contribution in [3.8, 4) is 5.75 Å². The standard InChI is InChI=1S/C10H8O2/c1-11-7-2-3-8-6(4-7)5-9-10(8)12-9/h2-5,10H,1H3. The van der Waals surface area contributed by atoms with Crippen molar-refractivity contribution in [2.75, 3.05) is 7.11 Å². The molecule has 3 rings (SSSR count). The lowest BCUT2D eigenvalue weighted by atomic mass is 10.1. The molecule has 1 aromatic carbocycles. The Balaban J connectivity index is 2.14. The van der Waals surface area contributed by atoms with E-state index in [1.54, 1.807) is 7.11 Å². The normalized spacial score (nSPS) is 22.1. The van der Waals surface area contributed by atoms with E-state index in [0.29, 0.717) is 0 Å². The molecular weight excluding hydrogens is 152 g/mol. The summed E-state index contributed by atoms with van der Waals surface area (Å²) in [6, 6.07) is 6.07. The van der Waals surface area contributed by atoms with Gasteiger partial charge in [-0.2, -0.15) is 0 Å². The average molecular weight is 160 g/mol. The van der Waals surface area contributed by atoms with Crippen LogP contribution in [-0.2, 0) is 4.74 Å². The van der Waals surface area contributed by atoms with Crippen LogP contribution in [0.2, 0.25) is 0 Å². The maximum atomic E-state index is 5.27. The second kappa shape index (κ2) is 1.83. The molecule has 1 aliphatic carbocycles. The van der Waals surface area contributed by atoms with E-state index in [1.165, 1.54) is 11.1 Å². The van der Waals surface area contributed by atoms with E-state index in [0.717, 1.165) is 11.5 Å². The molecule has 2 nitrogen and oxygen atoms in total. The van der Waals surface area contributed by atoms with Crippen LogP contribution in [0.1, 0.15) is 17.2 Å². The highest BCUT2D eigenvalue weighted by Gasteiger charge is 2.40. The summed E-state index contributed by atoms with van der Waals surface area (Å²) in [5.41, 5.74) is 2.51. The number of hydrogen-bond donors (Lipinski definition) is 0. The summed E-state index contributed by atoms with van der Waals surface area (Å²) < 4.78 is 10.4. The highest BCUT2D eigenvalue weighted by atomic mass is 16.6. The van der Waals surface area contributed by atoms with Gasteiger partial charge in [0.05, 0.1) is 7.11 Å².